The predicted molar refractivity (Wildman–Crippen MR) is 115 cm³/mol. The molecule has 3 rings (SSSR count). The van der Waals surface area contributed by atoms with E-state index in [-0.39, 0.29) is 18.0 Å². The number of nitrogens with one attached hydrogen (secondary N) is 2. The fraction of sp³-hybridized carbons (Fsp3) is 0.391. The zero-order valence-electron chi connectivity index (χ0n) is 17.5. The predicted octanol–water partition coefficient (Wildman–Crippen LogP) is 4.16. The average molecular weight is 396 g/mol. The molecule has 0 aromatic heterocycles. The molecule has 6 nitrogen and oxygen atoms in total. The molecule has 0 aliphatic carbocycles. The number of amides is 3. The second-order valence-corrected chi connectivity index (χ2v) is 7.79. The SMILES string of the molecule is COc1ccc(C2CCN(C(=O)Nc3ccc(C(=O)NC(C)C)cc3C)C2)cc1. The lowest BCUT2D eigenvalue weighted by Crippen LogP contribution is -2.33. The minimum atomic E-state index is -0.108. The highest BCUT2D eigenvalue weighted by atomic mass is 16.5. The molecule has 0 spiro atoms. The molecule has 0 radical (unpaired) electrons. The highest BCUT2D eigenvalue weighted by molar-refractivity contribution is 5.96. The van der Waals surface area contributed by atoms with Crippen molar-refractivity contribution in [3.05, 3.63) is 59.2 Å². The number of likely N-dealkylation sites (tertiary alicyclic amines) is 1. The van der Waals surface area contributed by atoms with Crippen LogP contribution in [0.1, 0.15) is 47.7 Å². The van der Waals surface area contributed by atoms with E-state index in [9.17, 15) is 9.59 Å². The van der Waals surface area contributed by atoms with E-state index in [0.717, 1.165) is 30.0 Å². The van der Waals surface area contributed by atoms with Crippen molar-refractivity contribution in [2.75, 3.05) is 25.5 Å². The van der Waals surface area contributed by atoms with Crippen molar-refractivity contribution >= 4 is 17.6 Å². The van der Waals surface area contributed by atoms with E-state index in [2.05, 4.69) is 22.8 Å². The molecule has 1 aliphatic rings. The molecule has 0 bridgehead atoms. The first-order chi connectivity index (χ1) is 13.9. The van der Waals surface area contributed by atoms with Gasteiger partial charge < -0.3 is 20.3 Å². The topological polar surface area (TPSA) is 70.7 Å². The number of carbonyl (C=O) groups is 2. The number of rotatable bonds is 5. The first-order valence-corrected chi connectivity index (χ1v) is 9.98. The number of urea groups is 1. The molecular weight excluding hydrogens is 366 g/mol. The number of benzene rings is 2. The highest BCUT2D eigenvalue weighted by Gasteiger charge is 2.27. The molecule has 154 valence electrons. The Morgan fingerprint density at radius 3 is 2.48 bits per heavy atom. The third-order valence-electron chi connectivity index (χ3n) is 5.21. The largest absolute Gasteiger partial charge is 0.497 e. The number of hydrogen-bond acceptors (Lipinski definition) is 3. The van der Waals surface area contributed by atoms with Crippen molar-refractivity contribution in [2.24, 2.45) is 0 Å². The van der Waals surface area contributed by atoms with Crippen molar-refractivity contribution < 1.29 is 14.3 Å². The van der Waals surface area contributed by atoms with Gasteiger partial charge in [0, 0.05) is 36.3 Å². The third-order valence-corrected chi connectivity index (χ3v) is 5.21. The third kappa shape index (κ3) is 5.08. The van der Waals surface area contributed by atoms with E-state index in [1.807, 2.05) is 37.8 Å². The Bertz CT molecular complexity index is 877. The van der Waals surface area contributed by atoms with Gasteiger partial charge in [-0.25, -0.2) is 4.79 Å². The highest BCUT2D eigenvalue weighted by Crippen LogP contribution is 2.29. The number of carbonyl (C=O) groups excluding carboxylic acids is 2. The lowest BCUT2D eigenvalue weighted by atomic mass is 9.98. The van der Waals surface area contributed by atoms with Gasteiger partial charge in [0.25, 0.3) is 5.91 Å². The summed E-state index contributed by atoms with van der Waals surface area (Å²) in [5, 5.41) is 5.86. The lowest BCUT2D eigenvalue weighted by Gasteiger charge is -2.19. The van der Waals surface area contributed by atoms with Crippen LogP contribution < -0.4 is 15.4 Å². The molecule has 2 aromatic rings. The molecule has 3 amide bonds. The van der Waals surface area contributed by atoms with E-state index >= 15 is 0 Å². The number of hydrogen-bond donors (Lipinski definition) is 2. The summed E-state index contributed by atoms with van der Waals surface area (Å²) in [6.45, 7) is 7.15. The fourth-order valence-corrected chi connectivity index (χ4v) is 3.58. The van der Waals surface area contributed by atoms with Crippen LogP contribution in [0.2, 0.25) is 0 Å². The molecule has 1 unspecified atom stereocenters. The number of aryl methyl sites for hydroxylation is 1. The maximum absolute atomic E-state index is 12.7. The van der Waals surface area contributed by atoms with Crippen LogP contribution in [0.25, 0.3) is 0 Å². The Morgan fingerprint density at radius 2 is 1.86 bits per heavy atom. The van der Waals surface area contributed by atoms with E-state index in [0.29, 0.717) is 18.0 Å². The van der Waals surface area contributed by atoms with Gasteiger partial charge in [-0.05, 0) is 68.7 Å². The summed E-state index contributed by atoms with van der Waals surface area (Å²) in [7, 11) is 1.65. The Balaban J connectivity index is 1.61. The Labute approximate surface area is 172 Å². The van der Waals surface area contributed by atoms with Gasteiger partial charge in [0.15, 0.2) is 0 Å². The minimum Gasteiger partial charge on any atom is -0.497 e. The molecule has 1 fully saturated rings. The van der Waals surface area contributed by atoms with Crippen LogP contribution in [0.5, 0.6) is 5.75 Å². The number of nitrogens with zero attached hydrogens (tertiary/aromatic N) is 1. The molecule has 2 N–H and O–H groups in total. The smallest absolute Gasteiger partial charge is 0.321 e. The maximum Gasteiger partial charge on any atom is 0.321 e. The standard InChI is InChI=1S/C23H29N3O3/c1-15(2)24-22(27)18-7-10-21(16(3)13-18)25-23(28)26-12-11-19(14-26)17-5-8-20(29-4)9-6-17/h5-10,13,15,19H,11-12,14H2,1-4H3,(H,24,27)(H,25,28). The Hall–Kier alpha value is -3.02. The monoisotopic (exact) mass is 395 g/mol. The molecule has 1 saturated heterocycles. The first kappa shape index (κ1) is 20.7. The van der Waals surface area contributed by atoms with Gasteiger partial charge in [-0.1, -0.05) is 12.1 Å². The molecule has 1 atom stereocenters. The van der Waals surface area contributed by atoms with Crippen LogP contribution in [0.3, 0.4) is 0 Å². The normalized spacial score (nSPS) is 16.0. The summed E-state index contributed by atoms with van der Waals surface area (Å²) in [6.07, 6.45) is 0.938. The second-order valence-electron chi connectivity index (χ2n) is 7.79. The zero-order chi connectivity index (χ0) is 21.0. The zero-order valence-corrected chi connectivity index (χ0v) is 17.5. The summed E-state index contributed by atoms with van der Waals surface area (Å²) < 4.78 is 5.21. The average Bonchev–Trinajstić information content (AvgIpc) is 3.19. The molecule has 29 heavy (non-hydrogen) atoms. The van der Waals surface area contributed by atoms with Gasteiger partial charge in [-0.15, -0.1) is 0 Å². The van der Waals surface area contributed by atoms with E-state index in [1.165, 1.54) is 5.56 Å². The van der Waals surface area contributed by atoms with Crippen LogP contribution >= 0.6 is 0 Å². The van der Waals surface area contributed by atoms with Gasteiger partial charge in [0.2, 0.25) is 0 Å². The Morgan fingerprint density at radius 1 is 1.14 bits per heavy atom. The second kappa shape index (κ2) is 8.99. The maximum atomic E-state index is 12.7. The molecule has 1 aliphatic heterocycles. The van der Waals surface area contributed by atoms with Crippen molar-refractivity contribution in [3.8, 4) is 5.75 Å². The fourth-order valence-electron chi connectivity index (χ4n) is 3.58. The molecule has 2 aromatic carbocycles. The first-order valence-electron chi connectivity index (χ1n) is 9.98. The number of anilines is 1. The summed E-state index contributed by atoms with van der Waals surface area (Å²) in [6, 6.07) is 13.4. The molecule has 0 saturated carbocycles. The Kier molecular flexibility index (Phi) is 6.42. The molecular formula is C23H29N3O3. The lowest BCUT2D eigenvalue weighted by molar-refractivity contribution is 0.0943. The van der Waals surface area contributed by atoms with Crippen LogP contribution in [0.15, 0.2) is 42.5 Å². The summed E-state index contributed by atoms with van der Waals surface area (Å²) in [5.74, 6) is 1.06. The van der Waals surface area contributed by atoms with Gasteiger partial charge in [-0.2, -0.15) is 0 Å². The summed E-state index contributed by atoms with van der Waals surface area (Å²) >= 11 is 0. The van der Waals surface area contributed by atoms with Crippen molar-refractivity contribution in [2.45, 2.75) is 39.2 Å². The van der Waals surface area contributed by atoms with E-state index in [1.54, 1.807) is 25.3 Å². The van der Waals surface area contributed by atoms with Crippen LogP contribution in [-0.2, 0) is 0 Å². The summed E-state index contributed by atoms with van der Waals surface area (Å²) in [5.41, 5.74) is 3.40. The van der Waals surface area contributed by atoms with Crippen molar-refractivity contribution in [1.29, 1.82) is 0 Å². The van der Waals surface area contributed by atoms with Crippen molar-refractivity contribution in [3.63, 3.8) is 0 Å². The van der Waals surface area contributed by atoms with Crippen LogP contribution in [0, 0.1) is 6.92 Å². The van der Waals surface area contributed by atoms with Crippen molar-refractivity contribution in [1.82, 2.24) is 10.2 Å². The number of ether oxygens (including phenoxy) is 1. The van der Waals surface area contributed by atoms with Gasteiger partial charge >= 0.3 is 6.03 Å². The van der Waals surface area contributed by atoms with E-state index in [4.69, 9.17) is 4.74 Å². The van der Waals surface area contributed by atoms with Gasteiger partial charge in [-0.3, -0.25) is 4.79 Å². The van der Waals surface area contributed by atoms with Crippen LogP contribution in [-0.4, -0.2) is 43.1 Å². The molecule has 6 heteroatoms. The minimum absolute atomic E-state index is 0.0796. The van der Waals surface area contributed by atoms with Gasteiger partial charge in [0.1, 0.15) is 5.75 Å². The summed E-state index contributed by atoms with van der Waals surface area (Å²) in [4.78, 5) is 26.7. The quantitative estimate of drug-likeness (QED) is 0.798. The van der Waals surface area contributed by atoms with E-state index < -0.39 is 0 Å². The van der Waals surface area contributed by atoms with Gasteiger partial charge in [0.05, 0.1) is 7.11 Å². The number of methoxy groups -OCH3 is 1. The van der Waals surface area contributed by atoms with Crippen LogP contribution in [0.4, 0.5) is 10.5 Å². The molecule has 1 heterocycles.